The van der Waals surface area contributed by atoms with Crippen molar-refractivity contribution >= 4 is 29.5 Å². The maximum atomic E-state index is 4.80. The van der Waals surface area contributed by atoms with Gasteiger partial charge in [0.05, 0.1) is 5.69 Å². The lowest BCUT2D eigenvalue weighted by atomic mass is 10.0. The summed E-state index contributed by atoms with van der Waals surface area (Å²) in [5.74, 6) is 1.86. The molecular weight excluding hydrogens is 318 g/mol. The highest BCUT2D eigenvalue weighted by Gasteiger charge is 2.25. The van der Waals surface area contributed by atoms with Crippen LogP contribution in [0.4, 0.5) is 17.3 Å². The largest absolute Gasteiger partial charge is 0.277 e. The summed E-state index contributed by atoms with van der Waals surface area (Å²) in [5, 5.41) is 0. The number of aryl methyl sites for hydroxylation is 5. The van der Waals surface area contributed by atoms with Crippen molar-refractivity contribution in [1.29, 1.82) is 0 Å². The first-order valence-corrected chi connectivity index (χ1v) is 8.93. The van der Waals surface area contributed by atoms with E-state index in [2.05, 4.69) is 75.9 Å². The molecule has 0 saturated heterocycles. The maximum absolute atomic E-state index is 4.80. The summed E-state index contributed by atoms with van der Waals surface area (Å²) < 4.78 is 0. The second-order valence-corrected chi connectivity index (χ2v) is 7.27. The van der Waals surface area contributed by atoms with Crippen molar-refractivity contribution in [2.45, 2.75) is 34.6 Å². The fraction of sp³-hybridized carbons (Fsp3) is 0.217. The van der Waals surface area contributed by atoms with Crippen LogP contribution >= 0.6 is 0 Å². The van der Waals surface area contributed by atoms with Gasteiger partial charge in [0.25, 0.3) is 0 Å². The molecule has 130 valence electrons. The molecule has 0 saturated carbocycles. The van der Waals surface area contributed by atoms with Crippen LogP contribution < -0.4 is 4.90 Å². The molecule has 3 aromatic rings. The predicted molar refractivity (Wildman–Crippen MR) is 109 cm³/mol. The molecule has 0 radical (unpaired) electrons. The minimum Gasteiger partial charge on any atom is -0.277 e. The molecular formula is C23H23N3. The van der Waals surface area contributed by atoms with Crippen LogP contribution in [-0.4, -0.2) is 9.97 Å². The molecule has 0 amide bonds. The van der Waals surface area contributed by atoms with Crippen molar-refractivity contribution in [2.24, 2.45) is 0 Å². The van der Waals surface area contributed by atoms with Crippen LogP contribution in [0.25, 0.3) is 12.2 Å². The zero-order chi connectivity index (χ0) is 18.4. The smallest absolute Gasteiger partial charge is 0.146 e. The molecule has 3 nitrogen and oxygen atoms in total. The van der Waals surface area contributed by atoms with Gasteiger partial charge >= 0.3 is 0 Å². The third-order valence-electron chi connectivity index (χ3n) is 4.79. The van der Waals surface area contributed by atoms with Crippen LogP contribution in [0.15, 0.2) is 36.7 Å². The molecule has 3 heterocycles. The normalized spacial score (nSPS) is 12.6. The van der Waals surface area contributed by atoms with Gasteiger partial charge < -0.3 is 0 Å². The molecule has 1 aliphatic heterocycles. The Labute approximate surface area is 155 Å². The van der Waals surface area contributed by atoms with E-state index in [0.29, 0.717) is 0 Å². The SMILES string of the molecule is Cc1cc(C)c(N2c3ncc(C)cc3C=Cc3cc(C)cnc32)c(C)c1. The molecule has 0 unspecified atom stereocenters. The first-order valence-electron chi connectivity index (χ1n) is 8.93. The predicted octanol–water partition coefficient (Wildman–Crippen LogP) is 5.97. The lowest BCUT2D eigenvalue weighted by Gasteiger charge is -2.28. The monoisotopic (exact) mass is 341 g/mol. The Morgan fingerprint density at radius 2 is 1.08 bits per heavy atom. The second-order valence-electron chi connectivity index (χ2n) is 7.27. The Balaban J connectivity index is 2.07. The van der Waals surface area contributed by atoms with Crippen LogP contribution in [0.3, 0.4) is 0 Å². The van der Waals surface area contributed by atoms with E-state index in [4.69, 9.17) is 9.97 Å². The van der Waals surface area contributed by atoms with Crippen LogP contribution in [-0.2, 0) is 0 Å². The van der Waals surface area contributed by atoms with E-state index in [0.717, 1.165) is 39.6 Å². The van der Waals surface area contributed by atoms with Crippen LogP contribution in [0.2, 0.25) is 0 Å². The van der Waals surface area contributed by atoms with Gasteiger partial charge in [0.2, 0.25) is 0 Å². The van der Waals surface area contributed by atoms with Crippen molar-refractivity contribution in [3.8, 4) is 0 Å². The van der Waals surface area contributed by atoms with Crippen molar-refractivity contribution in [1.82, 2.24) is 9.97 Å². The second kappa shape index (κ2) is 6.10. The number of fused-ring (bicyclic) bond motifs is 2. The van der Waals surface area contributed by atoms with Gasteiger partial charge in [-0.05, 0) is 69.0 Å². The Morgan fingerprint density at radius 3 is 1.54 bits per heavy atom. The topological polar surface area (TPSA) is 29.0 Å². The number of rotatable bonds is 1. The van der Waals surface area contributed by atoms with Crippen molar-refractivity contribution in [3.63, 3.8) is 0 Å². The van der Waals surface area contributed by atoms with E-state index in [1.165, 1.54) is 16.7 Å². The lowest BCUT2D eigenvalue weighted by molar-refractivity contribution is 1.08. The molecule has 0 spiro atoms. The molecule has 0 atom stereocenters. The highest BCUT2D eigenvalue weighted by molar-refractivity contribution is 5.91. The lowest BCUT2D eigenvalue weighted by Crippen LogP contribution is -2.17. The fourth-order valence-corrected chi connectivity index (χ4v) is 3.80. The first kappa shape index (κ1) is 16.5. The standard InChI is InChI=1S/C23H23N3/c1-14-8-17(4)21(18(5)9-14)26-22-19(10-15(2)12-24-22)6-7-20-11-16(3)13-25-23(20)26/h6-13H,1-5H3. The number of nitrogens with zero attached hydrogens (tertiary/aromatic N) is 3. The number of hydrogen-bond acceptors (Lipinski definition) is 3. The zero-order valence-electron chi connectivity index (χ0n) is 16.0. The zero-order valence-corrected chi connectivity index (χ0v) is 16.0. The molecule has 1 aromatic carbocycles. The summed E-state index contributed by atoms with van der Waals surface area (Å²) in [6.45, 7) is 10.6. The van der Waals surface area contributed by atoms with Crippen LogP contribution in [0, 0.1) is 34.6 Å². The summed E-state index contributed by atoms with van der Waals surface area (Å²) in [4.78, 5) is 11.8. The van der Waals surface area contributed by atoms with Crippen molar-refractivity contribution < 1.29 is 0 Å². The van der Waals surface area contributed by atoms with E-state index in [1.54, 1.807) is 0 Å². The molecule has 3 heteroatoms. The number of anilines is 3. The van der Waals surface area contributed by atoms with Gasteiger partial charge in [-0.3, -0.25) is 4.90 Å². The van der Waals surface area contributed by atoms with E-state index in [1.807, 2.05) is 12.4 Å². The molecule has 0 N–H and O–H groups in total. The highest BCUT2D eigenvalue weighted by atomic mass is 15.2. The summed E-state index contributed by atoms with van der Waals surface area (Å²) in [7, 11) is 0. The maximum Gasteiger partial charge on any atom is 0.146 e. The van der Waals surface area contributed by atoms with Crippen molar-refractivity contribution in [2.75, 3.05) is 4.90 Å². The molecule has 4 rings (SSSR count). The van der Waals surface area contributed by atoms with Crippen molar-refractivity contribution in [3.05, 3.63) is 75.6 Å². The summed E-state index contributed by atoms with van der Waals surface area (Å²) in [5.41, 5.74) is 9.42. The average molecular weight is 341 g/mol. The molecule has 0 bridgehead atoms. The van der Waals surface area contributed by atoms with E-state index < -0.39 is 0 Å². The third-order valence-corrected chi connectivity index (χ3v) is 4.79. The van der Waals surface area contributed by atoms with Gasteiger partial charge in [-0.15, -0.1) is 0 Å². The number of benzene rings is 1. The minimum atomic E-state index is 0.928. The Bertz CT molecular complexity index is 969. The Morgan fingerprint density at radius 1 is 0.615 bits per heavy atom. The van der Waals surface area contributed by atoms with E-state index in [-0.39, 0.29) is 0 Å². The highest BCUT2D eigenvalue weighted by Crippen LogP contribution is 2.42. The van der Waals surface area contributed by atoms with Gasteiger partial charge in [0, 0.05) is 23.5 Å². The van der Waals surface area contributed by atoms with E-state index in [9.17, 15) is 0 Å². The van der Waals surface area contributed by atoms with Gasteiger partial charge in [-0.25, -0.2) is 9.97 Å². The average Bonchev–Trinajstić information content (AvgIpc) is 2.71. The minimum absolute atomic E-state index is 0.928. The van der Waals surface area contributed by atoms with Gasteiger partial charge in [0.1, 0.15) is 11.6 Å². The Kier molecular flexibility index (Phi) is 3.87. The van der Waals surface area contributed by atoms with Crippen LogP contribution in [0.5, 0.6) is 0 Å². The number of aromatic nitrogens is 2. The summed E-state index contributed by atoms with van der Waals surface area (Å²) in [6.07, 6.45) is 8.15. The molecule has 26 heavy (non-hydrogen) atoms. The molecule has 0 aliphatic carbocycles. The quantitative estimate of drug-likeness (QED) is 0.427. The Hall–Kier alpha value is -2.94. The third kappa shape index (κ3) is 2.70. The molecule has 2 aromatic heterocycles. The summed E-state index contributed by atoms with van der Waals surface area (Å²) in [6, 6.07) is 8.82. The fourth-order valence-electron chi connectivity index (χ4n) is 3.80. The van der Waals surface area contributed by atoms with Gasteiger partial charge in [0.15, 0.2) is 0 Å². The first-order chi connectivity index (χ1) is 12.4. The molecule has 0 fully saturated rings. The molecule has 1 aliphatic rings. The van der Waals surface area contributed by atoms with Gasteiger partial charge in [-0.1, -0.05) is 29.8 Å². The van der Waals surface area contributed by atoms with Crippen LogP contribution in [0.1, 0.15) is 38.9 Å². The number of hydrogen-bond donors (Lipinski definition) is 0. The van der Waals surface area contributed by atoms with Gasteiger partial charge in [-0.2, -0.15) is 0 Å². The number of pyridine rings is 2. The summed E-state index contributed by atoms with van der Waals surface area (Å²) >= 11 is 0. The van der Waals surface area contributed by atoms with E-state index >= 15 is 0 Å².